The van der Waals surface area contributed by atoms with Crippen LogP contribution in [0, 0.1) is 55.7 Å². The summed E-state index contributed by atoms with van der Waals surface area (Å²) in [6.07, 6.45) is 12.4. The van der Waals surface area contributed by atoms with Crippen LogP contribution in [0.1, 0.15) is 16.7 Å². The van der Waals surface area contributed by atoms with Crippen LogP contribution in [0.25, 0.3) is 67.3 Å². The van der Waals surface area contributed by atoms with Crippen molar-refractivity contribution in [1.29, 1.82) is 0 Å². The van der Waals surface area contributed by atoms with Gasteiger partial charge in [0.25, 0.3) is 30.1 Å². The number of benzene rings is 3. The molecule has 9 heterocycles. The van der Waals surface area contributed by atoms with Crippen molar-refractivity contribution >= 4 is 95.6 Å². The average molecular weight is 1350 g/mol. The summed E-state index contributed by atoms with van der Waals surface area (Å²) in [5.74, 6) is -5.04. The molecule has 0 aliphatic carbocycles. The maximum Gasteiger partial charge on any atom is 0.269 e. The highest BCUT2D eigenvalue weighted by Gasteiger charge is 2.29. The molecule has 0 saturated carbocycles. The van der Waals surface area contributed by atoms with Crippen molar-refractivity contribution in [3.8, 4) is 34.2 Å². The lowest BCUT2D eigenvalue weighted by Gasteiger charge is -2.07. The van der Waals surface area contributed by atoms with E-state index in [0.29, 0.717) is 6.20 Å². The fraction of sp³-hybridized carbons (Fsp3) is 0.105. The highest BCUT2D eigenvalue weighted by molar-refractivity contribution is 7.98. The van der Waals surface area contributed by atoms with Gasteiger partial charge in [-0.25, -0.2) is 117 Å². The van der Waals surface area contributed by atoms with E-state index in [-0.39, 0.29) is 92.0 Å². The van der Waals surface area contributed by atoms with Crippen LogP contribution in [0.15, 0.2) is 177 Å². The van der Waals surface area contributed by atoms with Crippen LogP contribution < -0.4 is 0 Å². The smallest absolute Gasteiger partial charge is 0.253 e. The van der Waals surface area contributed by atoms with E-state index in [1.807, 2.05) is 13.8 Å². The number of hydrogen-bond acceptors (Lipinski definition) is 19. The summed E-state index contributed by atoms with van der Waals surface area (Å²) in [6, 6.07) is 21.9. The van der Waals surface area contributed by atoms with Gasteiger partial charge in [0.2, 0.25) is 0 Å². The van der Waals surface area contributed by atoms with Gasteiger partial charge in [-0.2, -0.15) is 0 Å². The predicted molar refractivity (Wildman–Crippen MR) is 321 cm³/mol. The van der Waals surface area contributed by atoms with Gasteiger partial charge in [0.1, 0.15) is 22.5 Å². The lowest BCUT2D eigenvalue weighted by atomic mass is 10.2. The fourth-order valence-electron chi connectivity index (χ4n) is 8.77. The quantitative estimate of drug-likeness (QED) is 0.0624. The van der Waals surface area contributed by atoms with E-state index in [4.69, 9.17) is 0 Å². The number of nitrogens with zero attached hydrogens (tertiary/aromatic N) is 12. The zero-order chi connectivity index (χ0) is 64.9. The van der Waals surface area contributed by atoms with Gasteiger partial charge < -0.3 is 0 Å². The van der Waals surface area contributed by atoms with Crippen molar-refractivity contribution in [1.82, 2.24) is 56.8 Å². The molecule has 0 radical (unpaired) electrons. The van der Waals surface area contributed by atoms with Crippen LogP contribution >= 0.6 is 11.8 Å². The third-order valence-corrected chi connectivity index (χ3v) is 20.6. The Balaban J connectivity index is 0.000000149. The summed E-state index contributed by atoms with van der Waals surface area (Å²) < 4.78 is 201. The Labute approximate surface area is 515 Å². The van der Waals surface area contributed by atoms with Gasteiger partial charge in [0.15, 0.2) is 71.8 Å². The molecule has 0 aliphatic heterocycles. The second-order valence-corrected chi connectivity index (χ2v) is 29.0. The first-order valence-corrected chi connectivity index (χ1v) is 34.6. The van der Waals surface area contributed by atoms with Gasteiger partial charge >= 0.3 is 0 Å². The lowest BCUT2D eigenvalue weighted by molar-refractivity contribution is 0.551. The van der Waals surface area contributed by atoms with E-state index in [0.717, 1.165) is 102 Å². The summed E-state index contributed by atoms with van der Waals surface area (Å²) in [7, 11) is -18.0. The normalized spacial score (nSPS) is 12.4. The van der Waals surface area contributed by atoms with Crippen LogP contribution in [0.4, 0.5) is 26.3 Å². The van der Waals surface area contributed by atoms with Gasteiger partial charge in [0, 0.05) is 64.0 Å². The second kappa shape index (κ2) is 24.7. The number of sulfone groups is 1. The average Bonchev–Trinajstić information content (AvgIpc) is 1.62. The lowest BCUT2D eigenvalue weighted by Crippen LogP contribution is -2.12. The zero-order valence-electron chi connectivity index (χ0n) is 47.1. The predicted octanol–water partition coefficient (Wildman–Crippen LogP) is 9.81. The molecule has 1 atom stereocenters. The highest BCUT2D eigenvalue weighted by atomic mass is 32.2. The summed E-state index contributed by atoms with van der Waals surface area (Å²) >= 11 is 1.08. The molecule has 12 aromatic rings. The van der Waals surface area contributed by atoms with Crippen LogP contribution in [-0.4, -0.2) is 113 Å². The molecule has 0 aliphatic rings. The van der Waals surface area contributed by atoms with E-state index in [9.17, 15) is 64.2 Å². The summed E-state index contributed by atoms with van der Waals surface area (Å²) in [4.78, 5) is 35.3. The molecule has 0 N–H and O–H groups in total. The maximum absolute atomic E-state index is 13.9. The first-order valence-electron chi connectivity index (χ1n) is 25.6. The molecule has 1 unspecified atom stereocenters. The first-order chi connectivity index (χ1) is 42.5. The van der Waals surface area contributed by atoms with Gasteiger partial charge in [-0.3, -0.25) is 4.21 Å². The number of fused-ring (bicyclic) bond motifs is 3. The molecule has 12 rings (SSSR count). The Morgan fingerprint density at radius 2 is 0.756 bits per heavy atom. The molecule has 3 aromatic carbocycles. The van der Waals surface area contributed by atoms with E-state index in [1.165, 1.54) is 55.0 Å². The maximum atomic E-state index is 13.9. The van der Waals surface area contributed by atoms with Crippen LogP contribution in [0.2, 0.25) is 0 Å². The molecule has 0 bridgehead atoms. The zero-order valence-corrected chi connectivity index (χ0v) is 52.0. The standard InChI is InChI=1S/C19H14F2N4O4S2.C19H14F2N4O3S2.C19H14F2N4O2S2/c1-11-3-5-13(6-4-11)31(28,29)25-10-15(14-7-12(20)8-23-18(14)25)17-22-9-16(21)19(24-17)30(2,26)27;1-11-3-5-13(6-4-11)30(27,28)25-10-15(14-7-12(20)8-23-18(14)25)17-22-9-16(21)19(24-17)29(2)26;1-11-3-5-13(6-4-11)29(26,27)25-10-15(14-7-12(20)8-23-18(14)25)17-22-9-16(21)19(24-17)28-2/h3-10H,1-2H3;3-10H,1-2H3;3-10H,1-2H3. The molecule has 0 fully saturated rings. The number of thioether (sulfide) groups is 1. The number of rotatable bonds is 12. The van der Waals surface area contributed by atoms with Crippen LogP contribution in [0.3, 0.4) is 0 Å². The Hall–Kier alpha value is -9.15. The van der Waals surface area contributed by atoms with Crippen molar-refractivity contribution in [2.75, 3.05) is 18.8 Å². The summed E-state index contributed by atoms with van der Waals surface area (Å²) in [6.45, 7) is 5.47. The van der Waals surface area contributed by atoms with E-state index >= 15 is 0 Å². The Morgan fingerprint density at radius 3 is 1.09 bits per heavy atom. The molecule has 0 saturated heterocycles. The molecular weight excluding hydrogens is 1300 g/mol. The number of aryl methyl sites for hydroxylation is 3. The third kappa shape index (κ3) is 12.6. The summed E-state index contributed by atoms with van der Waals surface area (Å²) in [5, 5.41) is -0.760. The number of halogens is 6. The molecule has 33 heteroatoms. The van der Waals surface area contributed by atoms with Gasteiger partial charge in [-0.05, 0) is 81.6 Å². The molecular formula is C57H42F6N12O9S6. The minimum absolute atomic E-state index is 0.0121. The van der Waals surface area contributed by atoms with Gasteiger partial charge in [-0.1, -0.05) is 53.1 Å². The first kappa shape index (κ1) is 63.9. The van der Waals surface area contributed by atoms with Crippen molar-refractivity contribution in [3.05, 3.63) is 198 Å². The van der Waals surface area contributed by atoms with Crippen molar-refractivity contribution in [3.63, 3.8) is 0 Å². The van der Waals surface area contributed by atoms with Crippen LogP contribution in [0.5, 0.6) is 0 Å². The molecule has 0 amide bonds. The molecule has 21 nitrogen and oxygen atoms in total. The van der Waals surface area contributed by atoms with Crippen molar-refractivity contribution < 1.29 is 64.2 Å². The van der Waals surface area contributed by atoms with Crippen molar-refractivity contribution in [2.24, 2.45) is 0 Å². The largest absolute Gasteiger partial charge is 0.269 e. The number of aromatic nitrogens is 12. The minimum Gasteiger partial charge on any atom is -0.253 e. The molecule has 90 heavy (non-hydrogen) atoms. The SMILES string of the molecule is CSc1nc(-c2cn(S(=O)(=O)c3ccc(C)cc3)c3ncc(F)cc23)ncc1F.Cc1ccc(S(=O)(=O)n2cc(-c3ncc(F)c(S(C)(=O)=O)n3)c3cc(F)cnc32)cc1.Cc1ccc(S(=O)(=O)n2cc(-c3ncc(F)c(S(C)=O)n3)c3cc(F)cnc32)cc1. The van der Waals surface area contributed by atoms with Gasteiger partial charge in [0.05, 0.1) is 62.7 Å². The molecule has 462 valence electrons. The van der Waals surface area contributed by atoms with E-state index in [2.05, 4.69) is 44.9 Å². The highest BCUT2D eigenvalue weighted by Crippen LogP contribution is 2.35. The molecule has 9 aromatic heterocycles. The molecule has 0 spiro atoms. The minimum atomic E-state index is -4.15. The topological polar surface area (TPSA) is 284 Å². The van der Waals surface area contributed by atoms with Crippen LogP contribution in [-0.2, 0) is 50.7 Å². The van der Waals surface area contributed by atoms with Gasteiger partial charge in [-0.15, -0.1) is 11.8 Å². The Kier molecular flexibility index (Phi) is 17.5. The van der Waals surface area contributed by atoms with E-state index < -0.39 is 90.6 Å². The fourth-order valence-corrected chi connectivity index (χ4v) is 14.4. The second-order valence-electron chi connectivity index (χ2n) is 19.5. The van der Waals surface area contributed by atoms with E-state index in [1.54, 1.807) is 49.6 Å². The number of hydrogen-bond donors (Lipinski definition) is 0. The number of pyridine rings is 3. The monoisotopic (exact) mass is 1340 g/mol. The van der Waals surface area contributed by atoms with Crippen molar-refractivity contribution in [2.45, 2.75) is 50.5 Å². The third-order valence-electron chi connectivity index (χ3n) is 13.1. The Bertz CT molecular complexity index is 5360. The summed E-state index contributed by atoms with van der Waals surface area (Å²) in [5.41, 5.74) is 2.83. The Morgan fingerprint density at radius 1 is 0.433 bits per heavy atom.